The second-order valence-electron chi connectivity index (χ2n) is 7.29. The molecular weight excluding hydrogens is 408 g/mol. The van der Waals surface area contributed by atoms with E-state index in [4.69, 9.17) is 14.0 Å². The van der Waals surface area contributed by atoms with Gasteiger partial charge >= 0.3 is 0 Å². The summed E-state index contributed by atoms with van der Waals surface area (Å²) < 4.78 is 17.9. The molecule has 0 aliphatic heterocycles. The van der Waals surface area contributed by atoms with E-state index in [0.717, 1.165) is 22.5 Å². The van der Waals surface area contributed by atoms with Crippen LogP contribution in [-0.2, 0) is 6.54 Å². The molecule has 1 N–H and O–H groups in total. The molecule has 0 saturated heterocycles. The molecule has 0 atom stereocenters. The number of benzene rings is 2. The van der Waals surface area contributed by atoms with Gasteiger partial charge in [0.1, 0.15) is 0 Å². The summed E-state index contributed by atoms with van der Waals surface area (Å²) >= 11 is 0. The average molecular weight is 432 g/mol. The zero-order valence-corrected chi connectivity index (χ0v) is 18.4. The fourth-order valence-corrected chi connectivity index (χ4v) is 3.47. The van der Waals surface area contributed by atoms with Crippen LogP contribution in [0.1, 0.15) is 27.4 Å². The maximum absolute atomic E-state index is 12.8. The number of carbonyl (C=O) groups excluding carboxylic acids is 1. The molecule has 0 radical (unpaired) electrons. The van der Waals surface area contributed by atoms with Crippen LogP contribution in [0.3, 0.4) is 0 Å². The van der Waals surface area contributed by atoms with E-state index in [0.29, 0.717) is 29.5 Å². The minimum atomic E-state index is -0.370. The molecule has 0 fully saturated rings. The zero-order chi connectivity index (χ0) is 22.7. The summed E-state index contributed by atoms with van der Waals surface area (Å²) in [7, 11) is 3.13. The number of nitrogens with zero attached hydrogens (tertiary/aromatic N) is 3. The SMILES string of the molecule is COc1ccc(-c2cc(C(=O)Nc3c(C)nn(Cc4ccccc4)c3C)no2)cc1OC. The summed E-state index contributed by atoms with van der Waals surface area (Å²) in [5.41, 5.74) is 4.29. The Morgan fingerprint density at radius 2 is 1.78 bits per heavy atom. The molecule has 8 nitrogen and oxygen atoms in total. The largest absolute Gasteiger partial charge is 0.493 e. The Balaban J connectivity index is 1.53. The molecule has 164 valence electrons. The molecule has 0 unspecified atom stereocenters. The highest BCUT2D eigenvalue weighted by atomic mass is 16.5. The number of aromatic nitrogens is 3. The molecule has 0 aliphatic rings. The molecule has 32 heavy (non-hydrogen) atoms. The number of aryl methyl sites for hydroxylation is 1. The predicted octanol–water partition coefficient (Wildman–Crippen LogP) is 4.47. The quantitative estimate of drug-likeness (QED) is 0.463. The predicted molar refractivity (Wildman–Crippen MR) is 120 cm³/mol. The smallest absolute Gasteiger partial charge is 0.277 e. The van der Waals surface area contributed by atoms with E-state index in [1.807, 2.05) is 54.9 Å². The standard InChI is InChI=1S/C24H24N4O4/c1-15-23(16(2)28(26-15)14-17-8-6-5-7-9-17)25-24(29)19-13-21(32-27-19)18-10-11-20(30-3)22(12-18)31-4/h5-13H,14H2,1-4H3,(H,25,29). The first-order valence-electron chi connectivity index (χ1n) is 10.1. The Bertz CT molecular complexity index is 1240. The van der Waals surface area contributed by atoms with E-state index < -0.39 is 0 Å². The molecule has 8 heteroatoms. The minimum Gasteiger partial charge on any atom is -0.493 e. The van der Waals surface area contributed by atoms with Gasteiger partial charge in [-0.05, 0) is 37.6 Å². The van der Waals surface area contributed by atoms with E-state index in [9.17, 15) is 4.79 Å². The van der Waals surface area contributed by atoms with Gasteiger partial charge in [0.15, 0.2) is 23.0 Å². The summed E-state index contributed by atoms with van der Waals surface area (Å²) in [4.78, 5) is 12.8. The Morgan fingerprint density at radius 1 is 1.03 bits per heavy atom. The number of rotatable bonds is 7. The van der Waals surface area contributed by atoms with Crippen molar-refractivity contribution in [2.24, 2.45) is 0 Å². The third-order valence-electron chi connectivity index (χ3n) is 5.21. The number of methoxy groups -OCH3 is 2. The van der Waals surface area contributed by atoms with E-state index in [1.165, 1.54) is 0 Å². The lowest BCUT2D eigenvalue weighted by atomic mass is 10.1. The first-order valence-corrected chi connectivity index (χ1v) is 10.1. The molecule has 4 rings (SSSR count). The molecule has 2 aromatic heterocycles. The third kappa shape index (κ3) is 4.20. The van der Waals surface area contributed by atoms with E-state index >= 15 is 0 Å². The van der Waals surface area contributed by atoms with Gasteiger partial charge in [-0.25, -0.2) is 0 Å². The summed E-state index contributed by atoms with van der Waals surface area (Å²) in [6.07, 6.45) is 0. The molecule has 2 heterocycles. The van der Waals surface area contributed by atoms with Crippen molar-refractivity contribution in [3.8, 4) is 22.8 Å². The highest BCUT2D eigenvalue weighted by Gasteiger charge is 2.19. The molecule has 0 aliphatic carbocycles. The zero-order valence-electron chi connectivity index (χ0n) is 18.4. The first-order chi connectivity index (χ1) is 15.5. The van der Waals surface area contributed by atoms with Gasteiger partial charge in [0.25, 0.3) is 5.91 Å². The number of carbonyl (C=O) groups is 1. The maximum Gasteiger partial charge on any atom is 0.277 e. The van der Waals surface area contributed by atoms with Crippen molar-refractivity contribution in [2.75, 3.05) is 19.5 Å². The summed E-state index contributed by atoms with van der Waals surface area (Å²) in [6.45, 7) is 4.41. The lowest BCUT2D eigenvalue weighted by molar-refractivity contribution is 0.101. The van der Waals surface area contributed by atoms with Crippen molar-refractivity contribution >= 4 is 11.6 Å². The van der Waals surface area contributed by atoms with Crippen LogP contribution in [0, 0.1) is 13.8 Å². The van der Waals surface area contributed by atoms with Crippen molar-refractivity contribution in [2.45, 2.75) is 20.4 Å². The van der Waals surface area contributed by atoms with Gasteiger partial charge in [0.2, 0.25) is 0 Å². The van der Waals surface area contributed by atoms with Crippen molar-refractivity contribution in [1.29, 1.82) is 0 Å². The van der Waals surface area contributed by atoms with E-state index in [-0.39, 0.29) is 11.6 Å². The van der Waals surface area contributed by atoms with Crippen molar-refractivity contribution in [3.05, 3.63) is 77.2 Å². The fourth-order valence-electron chi connectivity index (χ4n) is 3.47. The Kier molecular flexibility index (Phi) is 5.93. The number of nitrogens with one attached hydrogen (secondary N) is 1. The first kappa shape index (κ1) is 21.2. The third-order valence-corrected chi connectivity index (χ3v) is 5.21. The number of anilines is 1. The second kappa shape index (κ2) is 8.97. The van der Waals surface area contributed by atoms with Crippen LogP contribution < -0.4 is 14.8 Å². The van der Waals surface area contributed by atoms with Crippen molar-refractivity contribution < 1.29 is 18.8 Å². The Morgan fingerprint density at radius 3 is 2.50 bits per heavy atom. The molecule has 0 saturated carbocycles. The molecular formula is C24H24N4O4. The number of amides is 1. The van der Waals surface area contributed by atoms with Crippen molar-refractivity contribution in [3.63, 3.8) is 0 Å². The molecule has 2 aromatic carbocycles. The van der Waals surface area contributed by atoms with Gasteiger partial charge in [-0.2, -0.15) is 5.10 Å². The minimum absolute atomic E-state index is 0.171. The summed E-state index contributed by atoms with van der Waals surface area (Å²) in [6, 6.07) is 17.0. The molecule has 0 spiro atoms. The van der Waals surface area contributed by atoms with Crippen LogP contribution in [0.2, 0.25) is 0 Å². The average Bonchev–Trinajstić information content (AvgIpc) is 3.40. The highest BCUT2D eigenvalue weighted by molar-refractivity contribution is 6.04. The number of hydrogen-bond donors (Lipinski definition) is 1. The van der Waals surface area contributed by atoms with Gasteiger partial charge in [0, 0.05) is 11.6 Å². The maximum atomic E-state index is 12.8. The van der Waals surface area contributed by atoms with E-state index in [1.54, 1.807) is 32.4 Å². The van der Waals surface area contributed by atoms with E-state index in [2.05, 4.69) is 15.6 Å². The second-order valence-corrected chi connectivity index (χ2v) is 7.29. The fraction of sp³-hybridized carbons (Fsp3) is 0.208. The Hall–Kier alpha value is -4.07. The van der Waals surface area contributed by atoms with Gasteiger partial charge < -0.3 is 19.3 Å². The van der Waals surface area contributed by atoms with Crippen molar-refractivity contribution in [1.82, 2.24) is 14.9 Å². The molecule has 0 bridgehead atoms. The number of hydrogen-bond acceptors (Lipinski definition) is 6. The molecule has 1 amide bonds. The van der Waals surface area contributed by atoms with Crippen LogP contribution in [0.15, 0.2) is 59.1 Å². The van der Waals surface area contributed by atoms with Gasteiger partial charge in [-0.1, -0.05) is 35.5 Å². The summed E-state index contributed by atoms with van der Waals surface area (Å²) in [5.74, 6) is 1.24. The lowest BCUT2D eigenvalue weighted by Gasteiger charge is -2.07. The highest BCUT2D eigenvalue weighted by Crippen LogP contribution is 2.32. The topological polar surface area (TPSA) is 91.4 Å². The van der Waals surface area contributed by atoms with Crippen LogP contribution in [0.5, 0.6) is 11.5 Å². The van der Waals surface area contributed by atoms with Crippen LogP contribution >= 0.6 is 0 Å². The van der Waals surface area contributed by atoms with Crippen LogP contribution in [0.25, 0.3) is 11.3 Å². The summed E-state index contributed by atoms with van der Waals surface area (Å²) in [5, 5.41) is 11.4. The number of ether oxygens (including phenoxy) is 2. The Labute approximate surface area is 185 Å². The van der Waals surface area contributed by atoms with Crippen LogP contribution in [-0.4, -0.2) is 35.1 Å². The van der Waals surface area contributed by atoms with Gasteiger partial charge in [-0.15, -0.1) is 0 Å². The van der Waals surface area contributed by atoms with Crippen LogP contribution in [0.4, 0.5) is 5.69 Å². The lowest BCUT2D eigenvalue weighted by Crippen LogP contribution is -2.13. The normalized spacial score (nSPS) is 10.8. The molecule has 4 aromatic rings. The van der Waals surface area contributed by atoms with Gasteiger partial charge in [-0.3, -0.25) is 9.48 Å². The monoisotopic (exact) mass is 432 g/mol. The van der Waals surface area contributed by atoms with Gasteiger partial charge in [0.05, 0.1) is 37.8 Å².